The normalized spacial score (nSPS) is 13.4. The van der Waals surface area contributed by atoms with Crippen LogP contribution in [0.5, 0.6) is 11.5 Å². The molecule has 0 spiro atoms. The van der Waals surface area contributed by atoms with E-state index in [9.17, 15) is 14.0 Å². The van der Waals surface area contributed by atoms with Crippen molar-refractivity contribution in [2.75, 3.05) is 11.7 Å². The van der Waals surface area contributed by atoms with Gasteiger partial charge in [0.25, 0.3) is 0 Å². The van der Waals surface area contributed by atoms with Gasteiger partial charge in [0, 0.05) is 17.3 Å². The van der Waals surface area contributed by atoms with E-state index in [1.165, 1.54) is 33.8 Å². The van der Waals surface area contributed by atoms with E-state index in [1.54, 1.807) is 24.3 Å². The van der Waals surface area contributed by atoms with Crippen molar-refractivity contribution >= 4 is 28.5 Å². The average Bonchev–Trinajstić information content (AvgIpc) is 3.54. The fourth-order valence-electron chi connectivity index (χ4n) is 4.26. The Morgan fingerprint density at radius 2 is 1.82 bits per heavy atom. The Balaban J connectivity index is 1.61. The first-order chi connectivity index (χ1) is 18.3. The number of anilines is 1. The summed E-state index contributed by atoms with van der Waals surface area (Å²) < 4.78 is 26.4. The molecule has 10 heteroatoms. The van der Waals surface area contributed by atoms with Crippen LogP contribution in [-0.2, 0) is 16.1 Å². The number of para-hydroxylation sites is 1. The van der Waals surface area contributed by atoms with Gasteiger partial charge in [0.2, 0.25) is 18.6 Å². The Kier molecular flexibility index (Phi) is 6.71. The first-order valence-corrected chi connectivity index (χ1v) is 12.3. The molecule has 0 bridgehead atoms. The molecule has 3 aromatic carbocycles. The fraction of sp³-hybridized carbons (Fsp3) is 0.286. The molecule has 5 rings (SSSR count). The molecule has 9 nitrogen and oxygen atoms in total. The Hall–Kier alpha value is -4.47. The molecule has 2 amide bonds. The monoisotopic (exact) mass is 517 g/mol. The minimum Gasteiger partial charge on any atom is -0.454 e. The highest BCUT2D eigenvalue weighted by molar-refractivity contribution is 6.02. The molecule has 1 aliphatic rings. The molecule has 196 valence electrons. The maximum absolute atomic E-state index is 14.1. The fourth-order valence-corrected chi connectivity index (χ4v) is 4.26. The minimum absolute atomic E-state index is 0.0598. The lowest BCUT2D eigenvalue weighted by atomic mass is 9.98. The second-order valence-electron chi connectivity index (χ2n) is 9.72. The zero-order valence-electron chi connectivity index (χ0n) is 21.3. The van der Waals surface area contributed by atoms with E-state index in [-0.39, 0.29) is 13.3 Å². The molecule has 1 atom stereocenters. The number of carbonyl (C=O) groups is 2. The number of rotatable bonds is 8. The third kappa shape index (κ3) is 5.02. The molecule has 1 unspecified atom stereocenters. The smallest absolute Gasteiger partial charge is 0.249 e. The van der Waals surface area contributed by atoms with E-state index in [2.05, 4.69) is 15.6 Å². The Bertz CT molecular complexity index is 1480. The van der Waals surface area contributed by atoms with Crippen LogP contribution < -0.4 is 19.7 Å². The summed E-state index contributed by atoms with van der Waals surface area (Å²) in [5, 5.41) is 11.3. The predicted molar refractivity (Wildman–Crippen MR) is 139 cm³/mol. The topological polar surface area (TPSA) is 98.6 Å². The van der Waals surface area contributed by atoms with Crippen molar-refractivity contribution in [1.29, 1.82) is 0 Å². The first-order valence-electron chi connectivity index (χ1n) is 12.3. The van der Waals surface area contributed by atoms with E-state index in [0.717, 1.165) is 0 Å². The molecule has 38 heavy (non-hydrogen) atoms. The summed E-state index contributed by atoms with van der Waals surface area (Å²) in [5.41, 5.74) is 1.66. The van der Waals surface area contributed by atoms with E-state index in [4.69, 9.17) is 9.47 Å². The van der Waals surface area contributed by atoms with E-state index >= 15 is 0 Å². The van der Waals surface area contributed by atoms with Gasteiger partial charge in [-0.15, -0.1) is 5.10 Å². The first kappa shape index (κ1) is 25.2. The van der Waals surface area contributed by atoms with Crippen LogP contribution >= 0.6 is 0 Å². The van der Waals surface area contributed by atoms with Crippen LogP contribution in [0.15, 0.2) is 66.7 Å². The Morgan fingerprint density at radius 1 is 1.08 bits per heavy atom. The van der Waals surface area contributed by atoms with Crippen LogP contribution in [0, 0.1) is 5.82 Å². The van der Waals surface area contributed by atoms with Crippen molar-refractivity contribution in [2.24, 2.45) is 0 Å². The molecule has 0 saturated heterocycles. The molecule has 1 N–H and O–H groups in total. The lowest BCUT2D eigenvalue weighted by Crippen LogP contribution is -2.51. The number of aromatic nitrogens is 3. The number of fused-ring (bicyclic) bond motifs is 2. The van der Waals surface area contributed by atoms with Gasteiger partial charge in [-0.3, -0.25) is 14.5 Å². The zero-order valence-corrected chi connectivity index (χ0v) is 21.3. The van der Waals surface area contributed by atoms with Gasteiger partial charge in [0.05, 0.1) is 5.52 Å². The highest BCUT2D eigenvalue weighted by Crippen LogP contribution is 2.38. The third-order valence-electron chi connectivity index (χ3n) is 6.65. The van der Waals surface area contributed by atoms with Gasteiger partial charge in [0.1, 0.15) is 23.9 Å². The minimum atomic E-state index is -1.11. The number of carbonyl (C=O) groups excluding carboxylic acids is 2. The van der Waals surface area contributed by atoms with Crippen molar-refractivity contribution in [2.45, 2.75) is 45.3 Å². The SMILES string of the molecule is CCC(C)(C)NC(=O)C(c1ccc(F)cc1)N(C(=O)Cn1nnc2ccccc21)c1ccc2c(c1)OCO2. The highest BCUT2D eigenvalue weighted by atomic mass is 19.1. The quantitative estimate of drug-likeness (QED) is 0.373. The van der Waals surface area contributed by atoms with E-state index in [0.29, 0.717) is 40.2 Å². The van der Waals surface area contributed by atoms with Crippen LogP contribution in [-0.4, -0.2) is 39.1 Å². The van der Waals surface area contributed by atoms with Gasteiger partial charge in [-0.1, -0.05) is 36.4 Å². The highest BCUT2D eigenvalue weighted by Gasteiger charge is 2.36. The summed E-state index contributed by atoms with van der Waals surface area (Å²) in [6.07, 6.45) is 0.664. The number of hydrogen-bond acceptors (Lipinski definition) is 6. The number of hydrogen-bond donors (Lipinski definition) is 1. The predicted octanol–water partition coefficient (Wildman–Crippen LogP) is 4.38. The molecule has 0 fully saturated rings. The summed E-state index contributed by atoms with van der Waals surface area (Å²) in [6.45, 7) is 5.65. The lowest BCUT2D eigenvalue weighted by molar-refractivity contribution is -0.128. The number of benzene rings is 3. The van der Waals surface area contributed by atoms with Crippen LogP contribution in [0.4, 0.5) is 10.1 Å². The summed E-state index contributed by atoms with van der Waals surface area (Å²) >= 11 is 0. The summed E-state index contributed by atoms with van der Waals surface area (Å²) in [4.78, 5) is 29.4. The molecule has 4 aromatic rings. The maximum atomic E-state index is 14.1. The van der Waals surface area contributed by atoms with Crippen molar-refractivity contribution in [3.05, 3.63) is 78.1 Å². The lowest BCUT2D eigenvalue weighted by Gasteiger charge is -2.34. The maximum Gasteiger partial charge on any atom is 0.249 e. The van der Waals surface area contributed by atoms with E-state index in [1.807, 2.05) is 39.0 Å². The summed E-state index contributed by atoms with van der Waals surface area (Å²) in [6, 6.07) is 16.8. The average molecular weight is 518 g/mol. The number of halogens is 1. The third-order valence-corrected chi connectivity index (χ3v) is 6.65. The summed E-state index contributed by atoms with van der Waals surface area (Å²) in [7, 11) is 0. The summed E-state index contributed by atoms with van der Waals surface area (Å²) in [5.74, 6) is -0.273. The van der Waals surface area contributed by atoms with Crippen molar-refractivity contribution in [3.63, 3.8) is 0 Å². The zero-order chi connectivity index (χ0) is 26.9. The van der Waals surface area contributed by atoms with Crippen molar-refractivity contribution < 1.29 is 23.5 Å². The molecule has 2 heterocycles. The van der Waals surface area contributed by atoms with Gasteiger partial charge in [-0.05, 0) is 62.2 Å². The largest absolute Gasteiger partial charge is 0.454 e. The van der Waals surface area contributed by atoms with Crippen LogP contribution in [0.1, 0.15) is 38.8 Å². The van der Waals surface area contributed by atoms with E-state index < -0.39 is 29.2 Å². The van der Waals surface area contributed by atoms with Gasteiger partial charge in [-0.2, -0.15) is 0 Å². The van der Waals surface area contributed by atoms with Crippen LogP contribution in [0.25, 0.3) is 11.0 Å². The van der Waals surface area contributed by atoms with Crippen molar-refractivity contribution in [3.8, 4) is 11.5 Å². The molecule has 0 saturated carbocycles. The standard InChI is InChI=1S/C28H28FN5O4/c1-4-28(2,3)30-27(36)26(18-9-11-19(29)12-10-18)34(20-13-14-23-24(15-20)38-17-37-23)25(35)16-33-22-8-6-5-7-21(22)31-32-33/h5-15,26H,4,16-17H2,1-3H3,(H,30,36). The van der Waals surface area contributed by atoms with Gasteiger partial charge in [-0.25, -0.2) is 9.07 Å². The molecule has 0 aliphatic carbocycles. The van der Waals surface area contributed by atoms with Crippen LogP contribution in [0.3, 0.4) is 0 Å². The van der Waals surface area contributed by atoms with Crippen molar-refractivity contribution in [1.82, 2.24) is 20.3 Å². The molecule has 1 aliphatic heterocycles. The van der Waals surface area contributed by atoms with Crippen LogP contribution in [0.2, 0.25) is 0 Å². The Morgan fingerprint density at radius 3 is 2.58 bits per heavy atom. The Labute approximate surface area is 219 Å². The molecular formula is C28H28FN5O4. The number of nitrogens with zero attached hydrogens (tertiary/aromatic N) is 4. The number of amides is 2. The molecule has 0 radical (unpaired) electrons. The molecular weight excluding hydrogens is 489 g/mol. The molecule has 1 aromatic heterocycles. The number of ether oxygens (including phenoxy) is 2. The number of nitrogens with one attached hydrogen (secondary N) is 1. The van der Waals surface area contributed by atoms with Gasteiger partial charge < -0.3 is 14.8 Å². The van der Waals surface area contributed by atoms with Gasteiger partial charge >= 0.3 is 0 Å². The second kappa shape index (κ2) is 10.1. The van der Waals surface area contributed by atoms with Gasteiger partial charge in [0.15, 0.2) is 11.5 Å². The second-order valence-corrected chi connectivity index (χ2v) is 9.72.